The molecule has 1 amide bonds. The van der Waals surface area contributed by atoms with Gasteiger partial charge in [0.1, 0.15) is 0 Å². The van der Waals surface area contributed by atoms with Gasteiger partial charge in [-0.25, -0.2) is 0 Å². The summed E-state index contributed by atoms with van der Waals surface area (Å²) in [5.74, 6) is 0.525. The molecule has 92 valence electrons. The zero-order valence-corrected chi connectivity index (χ0v) is 10.5. The Bertz CT molecular complexity index is 388. The Hall–Kier alpha value is -1.35. The van der Waals surface area contributed by atoms with E-state index in [0.29, 0.717) is 12.3 Å². The number of benzene rings is 1. The molecular weight excluding hydrogens is 212 g/mol. The van der Waals surface area contributed by atoms with E-state index in [0.717, 1.165) is 6.54 Å². The van der Waals surface area contributed by atoms with E-state index in [9.17, 15) is 4.79 Å². The Balaban J connectivity index is 2.11. The molecule has 1 saturated heterocycles. The van der Waals surface area contributed by atoms with Gasteiger partial charge < -0.3 is 10.6 Å². The molecule has 3 nitrogen and oxygen atoms in total. The van der Waals surface area contributed by atoms with E-state index >= 15 is 0 Å². The van der Waals surface area contributed by atoms with Gasteiger partial charge >= 0.3 is 0 Å². The first-order valence-electron chi connectivity index (χ1n) is 6.19. The second-order valence-corrected chi connectivity index (χ2v) is 4.96. The van der Waals surface area contributed by atoms with Crippen molar-refractivity contribution in [2.75, 3.05) is 6.54 Å². The Morgan fingerprint density at radius 1 is 1.29 bits per heavy atom. The molecule has 3 heteroatoms. The highest BCUT2D eigenvalue weighted by molar-refractivity contribution is 5.79. The molecule has 0 aliphatic carbocycles. The molecule has 0 unspecified atom stereocenters. The fraction of sp³-hybridized carbons (Fsp3) is 0.500. The molecule has 17 heavy (non-hydrogen) atoms. The van der Waals surface area contributed by atoms with Gasteiger partial charge in [-0.15, -0.1) is 0 Å². The van der Waals surface area contributed by atoms with E-state index in [1.807, 2.05) is 30.0 Å². The van der Waals surface area contributed by atoms with E-state index in [-0.39, 0.29) is 18.0 Å². The normalized spacial score (nSPS) is 23.8. The summed E-state index contributed by atoms with van der Waals surface area (Å²) in [6.45, 7) is 4.85. The largest absolute Gasteiger partial charge is 0.336 e. The number of carbonyl (C=O) groups is 1. The van der Waals surface area contributed by atoms with Crippen molar-refractivity contribution in [3.63, 3.8) is 0 Å². The summed E-state index contributed by atoms with van der Waals surface area (Å²) in [6, 6.07) is 10.4. The SMILES string of the molecule is C[C@H](N)[C@@H]1CC(=O)N([C@@H](C)c2ccccc2)C1. The van der Waals surface area contributed by atoms with Crippen molar-refractivity contribution in [2.24, 2.45) is 11.7 Å². The molecule has 0 bridgehead atoms. The van der Waals surface area contributed by atoms with Crippen molar-refractivity contribution in [3.8, 4) is 0 Å². The van der Waals surface area contributed by atoms with Crippen LogP contribution < -0.4 is 5.73 Å². The zero-order chi connectivity index (χ0) is 12.4. The molecule has 2 rings (SSSR count). The van der Waals surface area contributed by atoms with Gasteiger partial charge in [-0.05, 0) is 19.4 Å². The molecule has 0 aromatic heterocycles. The number of hydrogen-bond donors (Lipinski definition) is 1. The van der Waals surface area contributed by atoms with Crippen LogP contribution >= 0.6 is 0 Å². The Morgan fingerprint density at radius 2 is 1.94 bits per heavy atom. The lowest BCUT2D eigenvalue weighted by molar-refractivity contribution is -0.129. The Morgan fingerprint density at radius 3 is 2.47 bits per heavy atom. The average Bonchev–Trinajstić information content (AvgIpc) is 2.72. The standard InChI is InChI=1S/C14H20N2O/c1-10(15)13-8-14(17)16(9-13)11(2)12-6-4-3-5-7-12/h3-7,10-11,13H,8-9,15H2,1-2H3/t10-,11-,13+/m0/s1. The minimum absolute atomic E-state index is 0.0897. The van der Waals surface area contributed by atoms with Crippen LogP contribution in [0, 0.1) is 5.92 Å². The summed E-state index contributed by atoms with van der Waals surface area (Å²) in [5, 5.41) is 0. The van der Waals surface area contributed by atoms with Crippen LogP contribution in [0.2, 0.25) is 0 Å². The topological polar surface area (TPSA) is 46.3 Å². The molecule has 0 spiro atoms. The molecule has 1 fully saturated rings. The van der Waals surface area contributed by atoms with E-state index in [4.69, 9.17) is 5.73 Å². The smallest absolute Gasteiger partial charge is 0.223 e. The predicted octanol–water partition coefficient (Wildman–Crippen LogP) is 1.94. The maximum absolute atomic E-state index is 12.0. The molecule has 0 radical (unpaired) electrons. The number of carbonyl (C=O) groups excluding carboxylic acids is 1. The number of nitrogens with two attached hydrogens (primary N) is 1. The van der Waals surface area contributed by atoms with Gasteiger partial charge in [0.05, 0.1) is 6.04 Å². The summed E-state index contributed by atoms with van der Waals surface area (Å²) in [7, 11) is 0. The van der Waals surface area contributed by atoms with Crippen molar-refractivity contribution < 1.29 is 4.79 Å². The number of rotatable bonds is 3. The van der Waals surface area contributed by atoms with Crippen molar-refractivity contribution in [1.29, 1.82) is 0 Å². The number of nitrogens with zero attached hydrogens (tertiary/aromatic N) is 1. The lowest BCUT2D eigenvalue weighted by Crippen LogP contribution is -2.32. The Labute approximate surface area is 103 Å². The van der Waals surface area contributed by atoms with Gasteiger partial charge in [0.15, 0.2) is 0 Å². The minimum atomic E-state index is 0.0897. The second-order valence-electron chi connectivity index (χ2n) is 4.96. The lowest BCUT2D eigenvalue weighted by atomic mass is 10.0. The van der Waals surface area contributed by atoms with Gasteiger partial charge in [0.25, 0.3) is 0 Å². The number of amides is 1. The summed E-state index contributed by atoms with van der Waals surface area (Å²) < 4.78 is 0. The van der Waals surface area contributed by atoms with Gasteiger partial charge in [0.2, 0.25) is 5.91 Å². The molecule has 1 aliphatic heterocycles. The van der Waals surface area contributed by atoms with Crippen LogP contribution in [0.15, 0.2) is 30.3 Å². The molecular formula is C14H20N2O. The molecule has 0 saturated carbocycles. The maximum atomic E-state index is 12.0. The molecule has 3 atom stereocenters. The van der Waals surface area contributed by atoms with Crippen LogP contribution in [0.25, 0.3) is 0 Å². The summed E-state index contributed by atoms with van der Waals surface area (Å²) in [6.07, 6.45) is 0.592. The Kier molecular flexibility index (Phi) is 3.48. The van der Waals surface area contributed by atoms with Crippen molar-refractivity contribution >= 4 is 5.91 Å². The van der Waals surface area contributed by atoms with Crippen LogP contribution in [-0.4, -0.2) is 23.4 Å². The quantitative estimate of drug-likeness (QED) is 0.865. The van der Waals surface area contributed by atoms with Gasteiger partial charge in [-0.3, -0.25) is 4.79 Å². The fourth-order valence-electron chi connectivity index (χ4n) is 2.40. The average molecular weight is 232 g/mol. The van der Waals surface area contributed by atoms with Crippen molar-refractivity contribution in [2.45, 2.75) is 32.4 Å². The van der Waals surface area contributed by atoms with Crippen LogP contribution in [0.3, 0.4) is 0 Å². The molecule has 1 aliphatic rings. The van der Waals surface area contributed by atoms with Crippen molar-refractivity contribution in [1.82, 2.24) is 4.90 Å². The van der Waals surface area contributed by atoms with Crippen LogP contribution in [-0.2, 0) is 4.79 Å². The van der Waals surface area contributed by atoms with E-state index < -0.39 is 0 Å². The highest BCUT2D eigenvalue weighted by Crippen LogP contribution is 2.29. The highest BCUT2D eigenvalue weighted by Gasteiger charge is 2.34. The van der Waals surface area contributed by atoms with E-state index in [2.05, 4.69) is 19.1 Å². The zero-order valence-electron chi connectivity index (χ0n) is 10.5. The highest BCUT2D eigenvalue weighted by atomic mass is 16.2. The predicted molar refractivity (Wildman–Crippen MR) is 68.3 cm³/mol. The van der Waals surface area contributed by atoms with Crippen LogP contribution in [0.1, 0.15) is 31.9 Å². The monoisotopic (exact) mass is 232 g/mol. The first-order chi connectivity index (χ1) is 8.09. The molecule has 1 heterocycles. The third kappa shape index (κ3) is 2.50. The first-order valence-corrected chi connectivity index (χ1v) is 6.19. The first kappa shape index (κ1) is 12.1. The van der Waals surface area contributed by atoms with Crippen LogP contribution in [0.4, 0.5) is 0 Å². The van der Waals surface area contributed by atoms with Crippen LogP contribution in [0.5, 0.6) is 0 Å². The van der Waals surface area contributed by atoms with Crippen molar-refractivity contribution in [3.05, 3.63) is 35.9 Å². The van der Waals surface area contributed by atoms with Gasteiger partial charge in [0, 0.05) is 24.9 Å². The molecule has 1 aromatic rings. The summed E-state index contributed by atoms with van der Waals surface area (Å²) >= 11 is 0. The van der Waals surface area contributed by atoms with E-state index in [1.54, 1.807) is 0 Å². The second kappa shape index (κ2) is 4.88. The number of likely N-dealkylation sites (tertiary alicyclic amines) is 1. The maximum Gasteiger partial charge on any atom is 0.223 e. The van der Waals surface area contributed by atoms with Gasteiger partial charge in [-0.2, -0.15) is 0 Å². The number of hydrogen-bond acceptors (Lipinski definition) is 2. The molecule has 2 N–H and O–H groups in total. The summed E-state index contributed by atoms with van der Waals surface area (Å²) in [5.41, 5.74) is 7.07. The fourth-order valence-corrected chi connectivity index (χ4v) is 2.40. The minimum Gasteiger partial charge on any atom is -0.336 e. The van der Waals surface area contributed by atoms with E-state index in [1.165, 1.54) is 5.56 Å². The lowest BCUT2D eigenvalue weighted by Gasteiger charge is -2.25. The third-order valence-corrected chi connectivity index (χ3v) is 3.68. The third-order valence-electron chi connectivity index (χ3n) is 3.68. The summed E-state index contributed by atoms with van der Waals surface area (Å²) in [4.78, 5) is 13.9. The van der Waals surface area contributed by atoms with Gasteiger partial charge in [-0.1, -0.05) is 30.3 Å². The molecule has 1 aromatic carbocycles.